The van der Waals surface area contributed by atoms with Gasteiger partial charge in [0.15, 0.2) is 0 Å². The minimum atomic E-state index is -1.65. The molecule has 1 N–H and O–H groups in total. The number of nitrogens with one attached hydrogen (secondary N) is 1. The molecule has 1 saturated heterocycles. The Hall–Kier alpha value is -1.27. The van der Waals surface area contributed by atoms with Gasteiger partial charge < -0.3 is 10.1 Å². The number of carbonyl (C=O) groups is 1. The third-order valence-electron chi connectivity index (χ3n) is 2.93. The normalized spacial score (nSPS) is 17.9. The van der Waals surface area contributed by atoms with E-state index in [1.54, 1.807) is 6.07 Å². The average Bonchev–Trinajstić information content (AvgIpc) is 2.40. The third-order valence-corrected chi connectivity index (χ3v) is 4.28. The van der Waals surface area contributed by atoms with Gasteiger partial charge in [0.1, 0.15) is 11.6 Å². The van der Waals surface area contributed by atoms with Crippen molar-refractivity contribution in [3.8, 4) is 0 Å². The first-order valence-corrected chi connectivity index (χ1v) is 7.48. The first-order chi connectivity index (χ1) is 9.16. The molecule has 1 atom stereocenters. The van der Waals surface area contributed by atoms with Crippen LogP contribution in [-0.2, 0) is 20.3 Å². The van der Waals surface area contributed by atoms with Gasteiger partial charge in [0.2, 0.25) is 5.91 Å². The topological polar surface area (TPSA) is 55.4 Å². The van der Waals surface area contributed by atoms with Gasteiger partial charge in [0.05, 0.1) is 15.7 Å². The molecular weight excluding hydrogens is 269 g/mol. The monoisotopic (exact) mass is 285 g/mol. The molecule has 4 nitrogen and oxygen atoms in total. The number of halogens is 1. The fraction of sp³-hybridized carbons (Fsp3) is 0.462. The van der Waals surface area contributed by atoms with E-state index < -0.39 is 16.6 Å². The summed E-state index contributed by atoms with van der Waals surface area (Å²) < 4.78 is 30.5. The number of rotatable bonds is 4. The molecule has 1 aromatic rings. The van der Waals surface area contributed by atoms with Crippen LogP contribution < -0.4 is 5.32 Å². The molecule has 0 bridgehead atoms. The van der Waals surface area contributed by atoms with Crippen LogP contribution in [0.5, 0.6) is 0 Å². The number of amides is 1. The number of ether oxygens (including phenoxy) is 1. The highest BCUT2D eigenvalue weighted by atomic mass is 32.2. The van der Waals surface area contributed by atoms with Crippen LogP contribution in [0.25, 0.3) is 0 Å². The van der Waals surface area contributed by atoms with Crippen LogP contribution in [0, 0.1) is 5.82 Å². The molecule has 1 heterocycles. The van der Waals surface area contributed by atoms with E-state index in [2.05, 4.69) is 5.32 Å². The molecule has 0 aliphatic carbocycles. The van der Waals surface area contributed by atoms with Crippen molar-refractivity contribution < 1.29 is 18.1 Å². The maximum absolute atomic E-state index is 13.4. The van der Waals surface area contributed by atoms with Gasteiger partial charge in [-0.1, -0.05) is 12.1 Å². The maximum Gasteiger partial charge on any atom is 0.233 e. The second kappa shape index (κ2) is 6.77. The maximum atomic E-state index is 13.4. The molecule has 1 aliphatic heterocycles. The molecule has 19 heavy (non-hydrogen) atoms. The highest BCUT2D eigenvalue weighted by molar-refractivity contribution is 7.85. The standard InChI is InChI=1S/C13H16FNO3S/c14-11-3-1-2-4-12(11)19(17)9-13(16)15-10-5-7-18-8-6-10/h1-4,10H,5-9H2,(H,15,16). The lowest BCUT2D eigenvalue weighted by Gasteiger charge is -2.22. The SMILES string of the molecule is O=C(CS(=O)c1ccccc1F)NC1CCOCC1. The summed E-state index contributed by atoms with van der Waals surface area (Å²) in [7, 11) is -1.65. The van der Waals surface area contributed by atoms with Crippen LogP contribution in [-0.4, -0.2) is 35.1 Å². The van der Waals surface area contributed by atoms with Gasteiger partial charge in [-0.15, -0.1) is 0 Å². The van der Waals surface area contributed by atoms with E-state index in [4.69, 9.17) is 4.74 Å². The van der Waals surface area contributed by atoms with Crippen LogP contribution in [0.3, 0.4) is 0 Å². The Morgan fingerprint density at radius 3 is 2.74 bits per heavy atom. The van der Waals surface area contributed by atoms with E-state index in [1.807, 2.05) is 0 Å². The van der Waals surface area contributed by atoms with Gasteiger partial charge in [0.25, 0.3) is 0 Å². The van der Waals surface area contributed by atoms with E-state index in [1.165, 1.54) is 18.2 Å². The van der Waals surface area contributed by atoms with Gasteiger partial charge in [-0.2, -0.15) is 0 Å². The Morgan fingerprint density at radius 2 is 2.05 bits per heavy atom. The number of hydrogen-bond acceptors (Lipinski definition) is 3. The molecule has 1 unspecified atom stereocenters. The minimum Gasteiger partial charge on any atom is -0.381 e. The third kappa shape index (κ3) is 4.11. The molecule has 2 rings (SSSR count). The molecule has 104 valence electrons. The molecule has 0 radical (unpaired) electrons. The van der Waals surface area contributed by atoms with E-state index in [-0.39, 0.29) is 22.6 Å². The summed E-state index contributed by atoms with van der Waals surface area (Å²) >= 11 is 0. The zero-order valence-electron chi connectivity index (χ0n) is 10.4. The molecule has 6 heteroatoms. The van der Waals surface area contributed by atoms with Crippen LogP contribution >= 0.6 is 0 Å². The Labute approximate surface area is 113 Å². The van der Waals surface area contributed by atoms with E-state index >= 15 is 0 Å². The smallest absolute Gasteiger partial charge is 0.233 e. The van der Waals surface area contributed by atoms with Crippen molar-refractivity contribution in [2.45, 2.75) is 23.8 Å². The van der Waals surface area contributed by atoms with Crippen LogP contribution in [0.2, 0.25) is 0 Å². The van der Waals surface area contributed by atoms with Gasteiger partial charge in [-0.3, -0.25) is 9.00 Å². The lowest BCUT2D eigenvalue weighted by Crippen LogP contribution is -2.40. The summed E-state index contributed by atoms with van der Waals surface area (Å²) in [6, 6.07) is 5.88. The first-order valence-electron chi connectivity index (χ1n) is 6.17. The molecule has 1 aliphatic rings. The fourth-order valence-corrected chi connectivity index (χ4v) is 2.93. The second-order valence-corrected chi connectivity index (χ2v) is 5.79. The van der Waals surface area contributed by atoms with Crippen molar-refractivity contribution in [3.05, 3.63) is 30.1 Å². The Kier molecular flexibility index (Phi) is 5.04. The molecule has 0 saturated carbocycles. The lowest BCUT2D eigenvalue weighted by molar-refractivity contribution is -0.119. The van der Waals surface area contributed by atoms with Crippen molar-refractivity contribution in [1.82, 2.24) is 5.32 Å². The molecule has 1 fully saturated rings. The second-order valence-electron chi connectivity index (χ2n) is 4.37. The molecule has 1 amide bonds. The number of benzene rings is 1. The molecule has 0 spiro atoms. The van der Waals surface area contributed by atoms with Crippen LogP contribution in [0.15, 0.2) is 29.2 Å². The summed E-state index contributed by atoms with van der Waals surface area (Å²) in [6.07, 6.45) is 1.52. The van der Waals surface area contributed by atoms with E-state index in [0.29, 0.717) is 13.2 Å². The highest BCUT2D eigenvalue weighted by Crippen LogP contribution is 2.12. The van der Waals surface area contributed by atoms with Gasteiger partial charge >= 0.3 is 0 Å². The van der Waals surface area contributed by atoms with Crippen molar-refractivity contribution in [1.29, 1.82) is 0 Å². The quantitative estimate of drug-likeness (QED) is 0.905. The summed E-state index contributed by atoms with van der Waals surface area (Å²) in [5.41, 5.74) is 0. The zero-order chi connectivity index (χ0) is 13.7. The number of carbonyl (C=O) groups excluding carboxylic acids is 1. The summed E-state index contributed by atoms with van der Waals surface area (Å²) in [5, 5.41) is 2.80. The zero-order valence-corrected chi connectivity index (χ0v) is 11.2. The van der Waals surface area contributed by atoms with Crippen molar-refractivity contribution in [3.63, 3.8) is 0 Å². The van der Waals surface area contributed by atoms with E-state index in [9.17, 15) is 13.4 Å². The fourth-order valence-electron chi connectivity index (χ4n) is 1.94. The van der Waals surface area contributed by atoms with Crippen molar-refractivity contribution in [2.24, 2.45) is 0 Å². The Balaban J connectivity index is 1.88. The predicted octanol–water partition coefficient (Wildman–Crippen LogP) is 1.23. The summed E-state index contributed by atoms with van der Waals surface area (Å²) in [5.74, 6) is -1.06. The molecule has 0 aromatic heterocycles. The van der Waals surface area contributed by atoms with Gasteiger partial charge in [-0.25, -0.2) is 4.39 Å². The molecule has 1 aromatic carbocycles. The minimum absolute atomic E-state index is 0.0684. The highest BCUT2D eigenvalue weighted by Gasteiger charge is 2.19. The first kappa shape index (κ1) is 14.1. The molecular formula is C13H16FNO3S. The van der Waals surface area contributed by atoms with E-state index in [0.717, 1.165) is 12.8 Å². The lowest BCUT2D eigenvalue weighted by atomic mass is 10.1. The van der Waals surface area contributed by atoms with Crippen molar-refractivity contribution >= 4 is 16.7 Å². The largest absolute Gasteiger partial charge is 0.381 e. The van der Waals surface area contributed by atoms with Gasteiger partial charge in [-0.05, 0) is 25.0 Å². The van der Waals surface area contributed by atoms with Crippen molar-refractivity contribution in [2.75, 3.05) is 19.0 Å². The summed E-state index contributed by atoms with van der Waals surface area (Å²) in [4.78, 5) is 11.8. The summed E-state index contributed by atoms with van der Waals surface area (Å²) in [6.45, 7) is 1.25. The van der Waals surface area contributed by atoms with Crippen LogP contribution in [0.4, 0.5) is 4.39 Å². The average molecular weight is 285 g/mol. The predicted molar refractivity (Wildman–Crippen MR) is 69.7 cm³/mol. The van der Waals surface area contributed by atoms with Crippen LogP contribution in [0.1, 0.15) is 12.8 Å². The number of hydrogen-bond donors (Lipinski definition) is 1. The Bertz CT molecular complexity index is 475. The van der Waals surface area contributed by atoms with Gasteiger partial charge in [0, 0.05) is 19.3 Å². The Morgan fingerprint density at radius 1 is 1.37 bits per heavy atom.